The van der Waals surface area contributed by atoms with Crippen molar-refractivity contribution in [3.63, 3.8) is 0 Å². The lowest BCUT2D eigenvalue weighted by Crippen LogP contribution is -2.29. The molecule has 1 saturated carbocycles. The van der Waals surface area contributed by atoms with Crippen molar-refractivity contribution in [3.8, 4) is 11.1 Å². The molecule has 0 saturated heterocycles. The summed E-state index contributed by atoms with van der Waals surface area (Å²) in [6.45, 7) is 0.452. The van der Waals surface area contributed by atoms with Crippen LogP contribution in [0.5, 0.6) is 0 Å². The van der Waals surface area contributed by atoms with Crippen LogP contribution in [0.15, 0.2) is 36.4 Å². The third kappa shape index (κ3) is 4.02. The molecule has 0 spiro atoms. The number of carbonyl (C=O) groups excluding carboxylic acids is 1. The SMILES string of the molecule is Cl.NC[C@H]1CCC[C@H]1C(=O)Nc1ccccc1-c1cc(F)c(F)c(F)c1. The van der Waals surface area contributed by atoms with Crippen LogP contribution in [0.2, 0.25) is 0 Å². The van der Waals surface area contributed by atoms with Crippen LogP contribution in [-0.4, -0.2) is 12.5 Å². The highest BCUT2D eigenvalue weighted by Gasteiger charge is 2.32. The van der Waals surface area contributed by atoms with E-state index in [1.165, 1.54) is 0 Å². The molecule has 2 aromatic rings. The maximum Gasteiger partial charge on any atom is 0.227 e. The standard InChI is InChI=1S/C19H19F3N2O.ClH/c20-15-8-12(9-16(21)18(15)22)13-5-1-2-7-17(13)24-19(25)14-6-3-4-11(14)10-23;/h1-2,5,7-9,11,14H,3-4,6,10,23H2,(H,24,25);1H/t11-,14-;/m1./s1. The predicted octanol–water partition coefficient (Wildman–Crippen LogP) is 4.51. The maximum absolute atomic E-state index is 13.5. The first-order valence-corrected chi connectivity index (χ1v) is 8.26. The Morgan fingerprint density at radius 1 is 1.12 bits per heavy atom. The highest BCUT2D eigenvalue weighted by molar-refractivity contribution is 5.97. The fourth-order valence-electron chi connectivity index (χ4n) is 3.44. The van der Waals surface area contributed by atoms with E-state index in [-0.39, 0.29) is 35.7 Å². The van der Waals surface area contributed by atoms with Gasteiger partial charge in [-0.3, -0.25) is 4.79 Å². The Morgan fingerprint density at radius 3 is 2.42 bits per heavy atom. The van der Waals surface area contributed by atoms with Gasteiger partial charge >= 0.3 is 0 Å². The molecule has 0 bridgehead atoms. The predicted molar refractivity (Wildman–Crippen MR) is 97.5 cm³/mol. The zero-order chi connectivity index (χ0) is 18.0. The van der Waals surface area contributed by atoms with E-state index in [9.17, 15) is 18.0 Å². The van der Waals surface area contributed by atoms with Gasteiger partial charge in [0.25, 0.3) is 0 Å². The molecular weight excluding hydrogens is 365 g/mol. The van der Waals surface area contributed by atoms with E-state index in [4.69, 9.17) is 5.73 Å². The summed E-state index contributed by atoms with van der Waals surface area (Å²) in [5.74, 6) is -4.22. The third-order valence-electron chi connectivity index (χ3n) is 4.78. The summed E-state index contributed by atoms with van der Waals surface area (Å²) in [7, 11) is 0. The Labute approximate surface area is 156 Å². The molecule has 0 unspecified atom stereocenters. The molecule has 1 fully saturated rings. The lowest BCUT2D eigenvalue weighted by atomic mass is 9.95. The van der Waals surface area contributed by atoms with Crippen molar-refractivity contribution in [3.05, 3.63) is 53.8 Å². The summed E-state index contributed by atoms with van der Waals surface area (Å²) in [4.78, 5) is 12.6. The number of hydrogen-bond donors (Lipinski definition) is 2. The molecule has 3 nitrogen and oxygen atoms in total. The number of nitrogens with two attached hydrogens (primary N) is 1. The second kappa shape index (κ2) is 8.56. The number of nitrogens with one attached hydrogen (secondary N) is 1. The summed E-state index contributed by atoms with van der Waals surface area (Å²) in [5, 5.41) is 2.84. The average molecular weight is 385 g/mol. The van der Waals surface area contributed by atoms with Crippen molar-refractivity contribution in [2.45, 2.75) is 19.3 Å². The summed E-state index contributed by atoms with van der Waals surface area (Å²) in [5.41, 5.74) is 6.74. The van der Waals surface area contributed by atoms with Gasteiger partial charge in [0.2, 0.25) is 5.91 Å². The second-order valence-corrected chi connectivity index (χ2v) is 6.32. The molecule has 0 aliphatic heterocycles. The fraction of sp³-hybridized carbons (Fsp3) is 0.316. The summed E-state index contributed by atoms with van der Waals surface area (Å²) < 4.78 is 40.3. The smallest absolute Gasteiger partial charge is 0.227 e. The van der Waals surface area contributed by atoms with Crippen molar-refractivity contribution in [2.24, 2.45) is 17.6 Å². The molecule has 1 aliphatic carbocycles. The number of anilines is 1. The van der Waals surface area contributed by atoms with Gasteiger partial charge in [-0.2, -0.15) is 0 Å². The van der Waals surface area contributed by atoms with Gasteiger partial charge in [0.15, 0.2) is 17.5 Å². The molecule has 2 atom stereocenters. The van der Waals surface area contributed by atoms with Crippen molar-refractivity contribution in [1.82, 2.24) is 0 Å². The zero-order valence-electron chi connectivity index (χ0n) is 14.0. The molecule has 1 aliphatic rings. The monoisotopic (exact) mass is 384 g/mol. The van der Waals surface area contributed by atoms with Gasteiger partial charge in [-0.25, -0.2) is 13.2 Å². The van der Waals surface area contributed by atoms with Crippen molar-refractivity contribution >= 4 is 24.0 Å². The molecule has 2 aromatic carbocycles. The van der Waals surface area contributed by atoms with E-state index in [0.29, 0.717) is 17.8 Å². The highest BCUT2D eigenvalue weighted by atomic mass is 35.5. The Hall–Kier alpha value is -2.05. The average Bonchev–Trinajstić information content (AvgIpc) is 3.08. The molecule has 3 N–H and O–H groups in total. The van der Waals surface area contributed by atoms with Crippen LogP contribution < -0.4 is 11.1 Å². The number of hydrogen-bond acceptors (Lipinski definition) is 2. The number of benzene rings is 2. The summed E-state index contributed by atoms with van der Waals surface area (Å²) in [6.07, 6.45) is 2.65. The second-order valence-electron chi connectivity index (χ2n) is 6.32. The van der Waals surface area contributed by atoms with Gasteiger partial charge in [0.1, 0.15) is 0 Å². The van der Waals surface area contributed by atoms with E-state index in [1.807, 2.05) is 0 Å². The third-order valence-corrected chi connectivity index (χ3v) is 4.78. The van der Waals surface area contributed by atoms with E-state index in [2.05, 4.69) is 5.32 Å². The molecule has 1 amide bonds. The van der Waals surface area contributed by atoms with E-state index < -0.39 is 17.5 Å². The first-order valence-electron chi connectivity index (χ1n) is 8.26. The van der Waals surface area contributed by atoms with Gasteiger partial charge in [-0.1, -0.05) is 24.6 Å². The van der Waals surface area contributed by atoms with Crippen LogP contribution in [0.25, 0.3) is 11.1 Å². The number of carbonyl (C=O) groups is 1. The quantitative estimate of drug-likeness (QED) is 0.762. The highest BCUT2D eigenvalue weighted by Crippen LogP contribution is 2.34. The summed E-state index contributed by atoms with van der Waals surface area (Å²) >= 11 is 0. The first-order chi connectivity index (χ1) is 12.0. The summed E-state index contributed by atoms with van der Waals surface area (Å²) in [6, 6.07) is 8.51. The van der Waals surface area contributed by atoms with Crippen molar-refractivity contribution in [1.29, 1.82) is 0 Å². The van der Waals surface area contributed by atoms with E-state index in [1.54, 1.807) is 24.3 Å². The first kappa shape index (κ1) is 20.3. The normalized spacial score (nSPS) is 19.1. The van der Waals surface area contributed by atoms with Gasteiger partial charge in [0, 0.05) is 17.2 Å². The van der Waals surface area contributed by atoms with Crippen LogP contribution in [0.1, 0.15) is 19.3 Å². The van der Waals surface area contributed by atoms with Crippen LogP contribution in [0, 0.1) is 29.3 Å². The molecule has 7 heteroatoms. The Kier molecular flexibility index (Phi) is 6.67. The Bertz CT molecular complexity index is 777. The Balaban J connectivity index is 0.00000243. The fourth-order valence-corrected chi connectivity index (χ4v) is 3.44. The van der Waals surface area contributed by atoms with Crippen LogP contribution in [0.4, 0.5) is 18.9 Å². The van der Waals surface area contributed by atoms with Gasteiger partial charge in [-0.15, -0.1) is 12.4 Å². The van der Waals surface area contributed by atoms with Crippen LogP contribution in [0.3, 0.4) is 0 Å². The molecule has 0 radical (unpaired) electrons. The largest absolute Gasteiger partial charge is 0.330 e. The van der Waals surface area contributed by atoms with Gasteiger partial charge < -0.3 is 11.1 Å². The molecule has 140 valence electrons. The minimum atomic E-state index is -1.51. The molecule has 0 heterocycles. The minimum Gasteiger partial charge on any atom is -0.330 e. The molecule has 26 heavy (non-hydrogen) atoms. The van der Waals surface area contributed by atoms with Crippen molar-refractivity contribution < 1.29 is 18.0 Å². The van der Waals surface area contributed by atoms with E-state index in [0.717, 1.165) is 31.4 Å². The zero-order valence-corrected chi connectivity index (χ0v) is 14.8. The van der Waals surface area contributed by atoms with Crippen LogP contribution in [-0.2, 0) is 4.79 Å². The molecular formula is C19H20ClF3N2O. The number of halogens is 4. The minimum absolute atomic E-state index is 0. The lowest BCUT2D eigenvalue weighted by molar-refractivity contribution is -0.120. The molecule has 0 aromatic heterocycles. The molecule has 3 rings (SSSR count). The number of amides is 1. The lowest BCUT2D eigenvalue weighted by Gasteiger charge is -2.19. The maximum atomic E-state index is 13.5. The van der Waals surface area contributed by atoms with E-state index >= 15 is 0 Å². The number of rotatable bonds is 4. The number of para-hydroxylation sites is 1. The van der Waals surface area contributed by atoms with Gasteiger partial charge in [-0.05, 0) is 49.1 Å². The Morgan fingerprint density at radius 2 is 1.77 bits per heavy atom. The van der Waals surface area contributed by atoms with Crippen LogP contribution >= 0.6 is 12.4 Å². The van der Waals surface area contributed by atoms with Gasteiger partial charge in [0.05, 0.1) is 0 Å². The topological polar surface area (TPSA) is 55.1 Å². The van der Waals surface area contributed by atoms with Crippen molar-refractivity contribution in [2.75, 3.05) is 11.9 Å².